The van der Waals surface area contributed by atoms with E-state index in [0.717, 1.165) is 109 Å². The van der Waals surface area contributed by atoms with Gasteiger partial charge in [-0.25, -0.2) is 0 Å². The van der Waals surface area contributed by atoms with Crippen molar-refractivity contribution in [2.24, 2.45) is 0 Å². The summed E-state index contributed by atoms with van der Waals surface area (Å²) in [6.07, 6.45) is 83.6. The average Bonchev–Trinajstić information content (AvgIpc) is 3.42. The molecule has 0 aliphatic rings. The van der Waals surface area contributed by atoms with E-state index < -0.39 is 6.10 Å². The van der Waals surface area contributed by atoms with Crippen molar-refractivity contribution in [1.82, 2.24) is 0 Å². The highest BCUT2D eigenvalue weighted by atomic mass is 16.6. The van der Waals surface area contributed by atoms with Crippen molar-refractivity contribution in [3.05, 3.63) is 72.9 Å². The molecule has 6 heteroatoms. The van der Waals surface area contributed by atoms with E-state index in [1.165, 1.54) is 186 Å². The number of hydrogen-bond donors (Lipinski definition) is 0. The van der Waals surface area contributed by atoms with Crippen molar-refractivity contribution in [3.8, 4) is 0 Å². The Morgan fingerprint density at radius 3 is 0.855 bits per heavy atom. The van der Waals surface area contributed by atoms with Crippen LogP contribution in [-0.4, -0.2) is 37.2 Å². The molecule has 0 spiro atoms. The topological polar surface area (TPSA) is 78.9 Å². The molecule has 0 radical (unpaired) electrons. The van der Waals surface area contributed by atoms with Crippen LogP contribution in [0, 0.1) is 0 Å². The number of hydrogen-bond acceptors (Lipinski definition) is 6. The van der Waals surface area contributed by atoms with Crippen molar-refractivity contribution >= 4 is 17.9 Å². The zero-order valence-electron chi connectivity index (χ0n) is 50.5. The lowest BCUT2D eigenvalue weighted by Crippen LogP contribution is -2.30. The zero-order valence-corrected chi connectivity index (χ0v) is 50.5. The molecule has 1 atom stereocenters. The van der Waals surface area contributed by atoms with Gasteiger partial charge in [0.05, 0.1) is 0 Å². The Hall–Kier alpha value is -3.15. The molecule has 0 rings (SSSR count). The summed E-state index contributed by atoms with van der Waals surface area (Å²) >= 11 is 0. The van der Waals surface area contributed by atoms with E-state index >= 15 is 0 Å². The van der Waals surface area contributed by atoms with Gasteiger partial charge in [0.1, 0.15) is 13.2 Å². The second-order valence-electron chi connectivity index (χ2n) is 22.0. The smallest absolute Gasteiger partial charge is 0.306 e. The normalized spacial score (nSPS) is 12.5. The lowest BCUT2D eigenvalue weighted by atomic mass is 10.0. The third-order valence-corrected chi connectivity index (χ3v) is 14.4. The molecular weight excluding hydrogens is 937 g/mol. The fourth-order valence-corrected chi connectivity index (χ4v) is 9.53. The molecule has 0 bridgehead atoms. The Balaban J connectivity index is 4.14. The maximum atomic E-state index is 12.9. The molecule has 1 unspecified atom stereocenters. The van der Waals surface area contributed by atoms with E-state index in [1.54, 1.807) is 0 Å². The van der Waals surface area contributed by atoms with E-state index in [-0.39, 0.29) is 31.1 Å². The van der Waals surface area contributed by atoms with Gasteiger partial charge in [-0.2, -0.15) is 0 Å². The molecule has 0 aromatic carbocycles. The molecular formula is C70H124O6. The number of allylic oxidation sites excluding steroid dienone is 12. The van der Waals surface area contributed by atoms with Gasteiger partial charge in [-0.3, -0.25) is 14.4 Å². The molecule has 76 heavy (non-hydrogen) atoms. The van der Waals surface area contributed by atoms with Crippen LogP contribution < -0.4 is 0 Å². The van der Waals surface area contributed by atoms with Gasteiger partial charge in [0, 0.05) is 19.3 Å². The Labute approximate surface area is 472 Å². The molecule has 0 fully saturated rings. The summed E-state index contributed by atoms with van der Waals surface area (Å²) in [5.41, 5.74) is 0. The van der Waals surface area contributed by atoms with Crippen LogP contribution >= 0.6 is 0 Å². The number of esters is 3. The molecule has 6 nitrogen and oxygen atoms in total. The van der Waals surface area contributed by atoms with Gasteiger partial charge >= 0.3 is 17.9 Å². The van der Waals surface area contributed by atoms with Crippen molar-refractivity contribution < 1.29 is 28.6 Å². The molecule has 0 aromatic rings. The average molecular weight is 1060 g/mol. The van der Waals surface area contributed by atoms with Crippen LogP contribution in [0.4, 0.5) is 0 Å². The highest BCUT2D eigenvalue weighted by molar-refractivity contribution is 5.71. The third kappa shape index (κ3) is 61.7. The molecule has 0 saturated heterocycles. The Kier molecular flexibility index (Phi) is 61.7. The van der Waals surface area contributed by atoms with Crippen LogP contribution in [0.3, 0.4) is 0 Å². The maximum absolute atomic E-state index is 12.9. The van der Waals surface area contributed by atoms with E-state index in [0.29, 0.717) is 19.3 Å². The highest BCUT2D eigenvalue weighted by Gasteiger charge is 2.19. The van der Waals surface area contributed by atoms with Gasteiger partial charge in [-0.15, -0.1) is 0 Å². The van der Waals surface area contributed by atoms with Crippen LogP contribution in [0.15, 0.2) is 72.9 Å². The van der Waals surface area contributed by atoms with Crippen LogP contribution in [0.1, 0.15) is 335 Å². The fourth-order valence-electron chi connectivity index (χ4n) is 9.53. The number of carbonyl (C=O) groups excluding carboxylic acids is 3. The van der Waals surface area contributed by atoms with Crippen LogP contribution in [0.25, 0.3) is 0 Å². The van der Waals surface area contributed by atoms with Gasteiger partial charge in [0.25, 0.3) is 0 Å². The molecule has 0 aliphatic carbocycles. The summed E-state index contributed by atoms with van der Waals surface area (Å²) in [7, 11) is 0. The van der Waals surface area contributed by atoms with E-state index in [2.05, 4.69) is 93.7 Å². The van der Waals surface area contributed by atoms with Crippen LogP contribution in [0.5, 0.6) is 0 Å². The van der Waals surface area contributed by atoms with Crippen molar-refractivity contribution in [2.75, 3.05) is 13.2 Å². The summed E-state index contributed by atoms with van der Waals surface area (Å²) in [6.45, 7) is 6.49. The monoisotopic (exact) mass is 1060 g/mol. The number of carbonyl (C=O) groups is 3. The first-order valence-electron chi connectivity index (χ1n) is 32.9. The standard InChI is InChI=1S/C70H124O6/c1-4-7-10-13-16-19-22-25-27-28-29-30-31-32-33-34-35-36-37-38-39-40-41-42-43-46-48-51-54-57-60-63-69(72)75-66-67(65-74-68(71)62-59-56-53-50-47-44-24-21-18-15-12-9-6-3)76-70(73)64-61-58-55-52-49-45-26-23-20-17-14-11-8-5-2/h7,10,12,15-16,19,21,24-25,27,29-30,67H,4-6,8-9,11,13-14,17-18,20,22-23,26,28,31-66H2,1-3H3/b10-7-,15-12-,19-16-,24-21-,27-25-,30-29-. The van der Waals surface area contributed by atoms with Gasteiger partial charge < -0.3 is 14.2 Å². The molecule has 0 heterocycles. The largest absolute Gasteiger partial charge is 0.462 e. The zero-order chi connectivity index (χ0) is 55.0. The maximum Gasteiger partial charge on any atom is 0.306 e. The fraction of sp³-hybridized carbons (Fsp3) is 0.786. The van der Waals surface area contributed by atoms with Crippen molar-refractivity contribution in [2.45, 2.75) is 341 Å². The number of ether oxygens (including phenoxy) is 3. The first kappa shape index (κ1) is 72.8. The van der Waals surface area contributed by atoms with Gasteiger partial charge in [0.15, 0.2) is 6.10 Å². The lowest BCUT2D eigenvalue weighted by molar-refractivity contribution is -0.167. The Morgan fingerprint density at radius 1 is 0.276 bits per heavy atom. The van der Waals surface area contributed by atoms with Crippen LogP contribution in [-0.2, 0) is 28.6 Å². The van der Waals surface area contributed by atoms with Gasteiger partial charge in [-0.1, -0.05) is 306 Å². The molecule has 440 valence electrons. The van der Waals surface area contributed by atoms with Crippen LogP contribution in [0.2, 0.25) is 0 Å². The molecule has 0 aromatic heterocycles. The summed E-state index contributed by atoms with van der Waals surface area (Å²) in [4.78, 5) is 38.2. The first-order valence-corrected chi connectivity index (χ1v) is 32.9. The molecule has 0 amide bonds. The van der Waals surface area contributed by atoms with Gasteiger partial charge in [0.2, 0.25) is 0 Å². The predicted molar refractivity (Wildman–Crippen MR) is 330 cm³/mol. The summed E-state index contributed by atoms with van der Waals surface area (Å²) in [5.74, 6) is -0.871. The second-order valence-corrected chi connectivity index (χ2v) is 22.0. The summed E-state index contributed by atoms with van der Waals surface area (Å²) in [5, 5.41) is 0. The van der Waals surface area contributed by atoms with Crippen molar-refractivity contribution in [1.29, 1.82) is 0 Å². The number of unbranched alkanes of at least 4 members (excludes halogenated alkanes) is 37. The SMILES string of the molecule is CC/C=C\C/C=C\C/C=C\C/C=C\CCCCCCCCCCCCCCCCCCCCC(=O)OCC(COC(=O)CCCCCCC/C=C\C/C=C\CCC)OC(=O)CCCCCCCCCCCCCCCC. The molecule has 0 saturated carbocycles. The lowest BCUT2D eigenvalue weighted by Gasteiger charge is -2.18. The van der Waals surface area contributed by atoms with Gasteiger partial charge in [-0.05, 0) is 83.5 Å². The number of rotatable bonds is 60. The first-order chi connectivity index (χ1) is 37.5. The van der Waals surface area contributed by atoms with E-state index in [9.17, 15) is 14.4 Å². The summed E-state index contributed by atoms with van der Waals surface area (Å²) in [6, 6.07) is 0. The predicted octanol–water partition coefficient (Wildman–Crippen LogP) is 22.5. The molecule has 0 N–H and O–H groups in total. The minimum absolute atomic E-state index is 0.0747. The van der Waals surface area contributed by atoms with E-state index in [4.69, 9.17) is 14.2 Å². The minimum atomic E-state index is -0.777. The van der Waals surface area contributed by atoms with E-state index in [1.807, 2.05) is 0 Å². The minimum Gasteiger partial charge on any atom is -0.462 e. The Morgan fingerprint density at radius 2 is 0.539 bits per heavy atom. The Bertz CT molecular complexity index is 1400. The third-order valence-electron chi connectivity index (χ3n) is 14.4. The quantitative estimate of drug-likeness (QED) is 0.0261. The highest BCUT2D eigenvalue weighted by Crippen LogP contribution is 2.17. The van der Waals surface area contributed by atoms with Crippen molar-refractivity contribution in [3.63, 3.8) is 0 Å². The summed E-state index contributed by atoms with van der Waals surface area (Å²) < 4.78 is 16.9. The molecule has 0 aliphatic heterocycles. The second kappa shape index (κ2) is 64.4.